The number of aldehydes is 1. The minimum absolute atomic E-state index is 0.245. The Kier molecular flexibility index (Phi) is 2.90. The quantitative estimate of drug-likeness (QED) is 0.610. The summed E-state index contributed by atoms with van der Waals surface area (Å²) in [5.74, 6) is 0. The Labute approximate surface area is 70.6 Å². The molecule has 0 aliphatic rings. The van der Waals surface area contributed by atoms with E-state index in [0.717, 1.165) is 6.29 Å². The highest BCUT2D eigenvalue weighted by Crippen LogP contribution is 2.04. The Hall–Kier alpha value is -1.26. The van der Waals surface area contributed by atoms with Gasteiger partial charge in [0, 0.05) is 18.3 Å². The van der Waals surface area contributed by atoms with Crippen molar-refractivity contribution in [2.45, 2.75) is 6.04 Å². The Morgan fingerprint density at radius 2 is 2.33 bits per heavy atom. The second-order valence-electron chi connectivity index (χ2n) is 2.48. The summed E-state index contributed by atoms with van der Waals surface area (Å²) in [6, 6.07) is 3.14. The molecule has 1 unspecified atom stereocenters. The molecule has 4 N–H and O–H groups in total. The average Bonchev–Trinajstić information content (AvgIpc) is 2.17. The summed E-state index contributed by atoms with van der Waals surface area (Å²) in [4.78, 5) is 14.2. The summed E-state index contributed by atoms with van der Waals surface area (Å²) >= 11 is 0. The molecule has 1 aromatic rings. The zero-order valence-corrected chi connectivity index (χ0v) is 6.60. The Balaban J connectivity index is 2.84. The van der Waals surface area contributed by atoms with Crippen molar-refractivity contribution in [2.24, 2.45) is 11.5 Å². The molecule has 0 bridgehead atoms. The van der Waals surface area contributed by atoms with E-state index in [2.05, 4.69) is 4.98 Å². The van der Waals surface area contributed by atoms with Crippen LogP contribution in [0.25, 0.3) is 0 Å². The molecule has 0 saturated carbocycles. The van der Waals surface area contributed by atoms with Gasteiger partial charge in [0.1, 0.15) is 0 Å². The third-order valence-corrected chi connectivity index (χ3v) is 1.58. The van der Waals surface area contributed by atoms with Crippen molar-refractivity contribution in [3.8, 4) is 0 Å². The van der Waals surface area contributed by atoms with E-state index in [4.69, 9.17) is 11.5 Å². The van der Waals surface area contributed by atoms with Crippen LogP contribution in [0.5, 0.6) is 0 Å². The Morgan fingerprint density at radius 3 is 2.75 bits per heavy atom. The molecule has 12 heavy (non-hydrogen) atoms. The monoisotopic (exact) mass is 165 g/mol. The third kappa shape index (κ3) is 1.87. The van der Waals surface area contributed by atoms with Gasteiger partial charge in [-0.15, -0.1) is 0 Å². The highest BCUT2D eigenvalue weighted by atomic mass is 16.1. The molecule has 1 rings (SSSR count). The van der Waals surface area contributed by atoms with E-state index in [1.54, 1.807) is 12.1 Å². The molecular formula is C8H11N3O. The first kappa shape index (κ1) is 8.83. The van der Waals surface area contributed by atoms with Crippen LogP contribution in [0.15, 0.2) is 18.3 Å². The van der Waals surface area contributed by atoms with E-state index in [-0.39, 0.29) is 6.04 Å². The first-order valence-corrected chi connectivity index (χ1v) is 3.64. The highest BCUT2D eigenvalue weighted by molar-refractivity contribution is 5.73. The zero-order valence-electron chi connectivity index (χ0n) is 6.60. The van der Waals surface area contributed by atoms with Crippen LogP contribution < -0.4 is 11.5 Å². The first-order chi connectivity index (χ1) is 5.77. The van der Waals surface area contributed by atoms with Crippen molar-refractivity contribution >= 4 is 6.29 Å². The van der Waals surface area contributed by atoms with Gasteiger partial charge in [-0.05, 0) is 12.1 Å². The number of nitrogens with two attached hydrogens (primary N) is 2. The number of carbonyl (C=O) groups excluding carboxylic acids is 1. The van der Waals surface area contributed by atoms with Gasteiger partial charge in [-0.2, -0.15) is 0 Å². The fourth-order valence-electron chi connectivity index (χ4n) is 0.827. The van der Waals surface area contributed by atoms with Crippen molar-refractivity contribution < 1.29 is 4.79 Å². The van der Waals surface area contributed by atoms with Gasteiger partial charge in [-0.25, -0.2) is 0 Å². The molecule has 0 aliphatic heterocycles. The van der Waals surface area contributed by atoms with Crippen LogP contribution >= 0.6 is 0 Å². The highest BCUT2D eigenvalue weighted by Gasteiger charge is 2.03. The van der Waals surface area contributed by atoms with Gasteiger partial charge in [-0.3, -0.25) is 9.78 Å². The fourth-order valence-corrected chi connectivity index (χ4v) is 0.827. The van der Waals surface area contributed by atoms with Gasteiger partial charge < -0.3 is 11.5 Å². The maximum absolute atomic E-state index is 10.3. The molecule has 1 heterocycles. The molecule has 0 saturated heterocycles. The van der Waals surface area contributed by atoms with Crippen LogP contribution in [-0.4, -0.2) is 17.8 Å². The van der Waals surface area contributed by atoms with Gasteiger partial charge in [0.05, 0.1) is 11.7 Å². The molecule has 64 valence electrons. The lowest BCUT2D eigenvalue weighted by molar-refractivity contribution is 0.112. The molecule has 0 amide bonds. The van der Waals surface area contributed by atoms with Crippen LogP contribution in [0.1, 0.15) is 22.1 Å². The maximum Gasteiger partial charge on any atom is 0.151 e. The summed E-state index contributed by atoms with van der Waals surface area (Å²) in [5, 5.41) is 0. The normalized spacial score (nSPS) is 12.5. The van der Waals surface area contributed by atoms with Crippen LogP contribution in [0, 0.1) is 0 Å². The lowest BCUT2D eigenvalue weighted by Gasteiger charge is -2.06. The van der Waals surface area contributed by atoms with Gasteiger partial charge >= 0.3 is 0 Å². The zero-order chi connectivity index (χ0) is 8.97. The second-order valence-corrected chi connectivity index (χ2v) is 2.48. The topological polar surface area (TPSA) is 82.0 Å². The van der Waals surface area contributed by atoms with E-state index >= 15 is 0 Å². The largest absolute Gasteiger partial charge is 0.329 e. The molecule has 4 nitrogen and oxygen atoms in total. The number of hydrogen-bond donors (Lipinski definition) is 2. The molecule has 1 atom stereocenters. The van der Waals surface area contributed by atoms with E-state index in [1.165, 1.54) is 6.20 Å². The molecule has 1 aromatic heterocycles. The Morgan fingerprint density at radius 1 is 1.58 bits per heavy atom. The maximum atomic E-state index is 10.3. The molecule has 0 fully saturated rings. The van der Waals surface area contributed by atoms with Crippen LogP contribution in [-0.2, 0) is 0 Å². The van der Waals surface area contributed by atoms with Crippen LogP contribution in [0.4, 0.5) is 0 Å². The number of hydrogen-bond acceptors (Lipinski definition) is 4. The first-order valence-electron chi connectivity index (χ1n) is 3.64. The van der Waals surface area contributed by atoms with E-state index in [9.17, 15) is 4.79 Å². The summed E-state index contributed by atoms with van der Waals surface area (Å²) < 4.78 is 0. The fraction of sp³-hybridized carbons (Fsp3) is 0.250. The number of pyridine rings is 1. The van der Waals surface area contributed by atoms with E-state index < -0.39 is 0 Å². The smallest absolute Gasteiger partial charge is 0.151 e. The second kappa shape index (κ2) is 3.94. The lowest BCUT2D eigenvalue weighted by Crippen LogP contribution is -2.21. The van der Waals surface area contributed by atoms with Crippen molar-refractivity contribution in [2.75, 3.05) is 6.54 Å². The minimum atomic E-state index is -0.245. The van der Waals surface area contributed by atoms with Gasteiger partial charge in [0.25, 0.3) is 0 Å². The van der Waals surface area contributed by atoms with Crippen molar-refractivity contribution in [1.82, 2.24) is 4.98 Å². The van der Waals surface area contributed by atoms with Gasteiger partial charge in [-0.1, -0.05) is 0 Å². The molecular weight excluding hydrogens is 154 g/mol. The lowest BCUT2D eigenvalue weighted by atomic mass is 10.2. The summed E-state index contributed by atoms with van der Waals surface area (Å²) in [6.07, 6.45) is 2.22. The summed E-state index contributed by atoms with van der Waals surface area (Å²) in [5.41, 5.74) is 12.2. The molecule has 0 aromatic carbocycles. The van der Waals surface area contributed by atoms with E-state index in [1.807, 2.05) is 0 Å². The van der Waals surface area contributed by atoms with Crippen LogP contribution in [0.3, 0.4) is 0 Å². The number of rotatable bonds is 3. The van der Waals surface area contributed by atoms with E-state index in [0.29, 0.717) is 17.8 Å². The number of aromatic nitrogens is 1. The minimum Gasteiger partial charge on any atom is -0.329 e. The number of carbonyl (C=O) groups is 1. The molecule has 0 spiro atoms. The summed E-state index contributed by atoms with van der Waals surface area (Å²) in [6.45, 7) is 0.355. The average molecular weight is 165 g/mol. The third-order valence-electron chi connectivity index (χ3n) is 1.58. The molecule has 0 radical (unpaired) electrons. The standard InChI is InChI=1S/C8H11N3O/c9-3-7(10)8-2-1-6(5-12)4-11-8/h1-2,4-5,7H,3,9-10H2. The predicted molar refractivity (Wildman–Crippen MR) is 45.6 cm³/mol. The Bertz CT molecular complexity index is 258. The van der Waals surface area contributed by atoms with Crippen molar-refractivity contribution in [1.29, 1.82) is 0 Å². The van der Waals surface area contributed by atoms with Crippen molar-refractivity contribution in [3.05, 3.63) is 29.6 Å². The number of nitrogens with zero attached hydrogens (tertiary/aromatic N) is 1. The van der Waals surface area contributed by atoms with Crippen LogP contribution in [0.2, 0.25) is 0 Å². The predicted octanol–water partition coefficient (Wildman–Crippen LogP) is -0.147. The summed E-state index contributed by atoms with van der Waals surface area (Å²) in [7, 11) is 0. The SMILES string of the molecule is NCC(N)c1ccc(C=O)cn1. The molecule has 4 heteroatoms. The van der Waals surface area contributed by atoms with Gasteiger partial charge in [0.2, 0.25) is 0 Å². The van der Waals surface area contributed by atoms with Crippen molar-refractivity contribution in [3.63, 3.8) is 0 Å². The molecule has 0 aliphatic carbocycles. The van der Waals surface area contributed by atoms with Gasteiger partial charge in [0.15, 0.2) is 6.29 Å².